The molecule has 4 aliphatic rings. The van der Waals surface area contributed by atoms with Gasteiger partial charge in [-0.1, -0.05) is 27.6 Å². The zero-order valence-electron chi connectivity index (χ0n) is 24.9. The Labute approximate surface area is 282 Å². The molecular weight excluding hydrogens is 748 g/mol. The number of ether oxygens (including phenoxy) is 1. The van der Waals surface area contributed by atoms with E-state index in [1.807, 2.05) is 0 Å². The highest BCUT2D eigenvalue weighted by Crippen LogP contribution is 2.58. The van der Waals surface area contributed by atoms with Crippen LogP contribution in [0, 0.1) is 38.0 Å². The van der Waals surface area contributed by atoms with Crippen LogP contribution in [-0.2, 0) is 19.2 Å². The van der Waals surface area contributed by atoms with E-state index in [0.717, 1.165) is 23.1 Å². The van der Waals surface area contributed by atoms with Gasteiger partial charge in [-0.3, -0.25) is 39.4 Å². The highest BCUT2D eigenvalue weighted by atomic mass is 79.9. The van der Waals surface area contributed by atoms with Crippen LogP contribution in [0.5, 0.6) is 11.5 Å². The Morgan fingerprint density at radius 2 is 1.62 bits per heavy atom. The van der Waals surface area contributed by atoms with E-state index in [1.165, 1.54) is 32.2 Å². The van der Waals surface area contributed by atoms with Gasteiger partial charge in [0.25, 0.3) is 0 Å². The van der Waals surface area contributed by atoms with E-state index < -0.39 is 68.3 Å². The topological polar surface area (TPSA) is 190 Å². The molecule has 0 unspecified atom stereocenters. The molecule has 1 saturated heterocycles. The molecule has 2 amide bonds. The Hall–Kier alpha value is -4.70. The highest BCUT2D eigenvalue weighted by molar-refractivity contribution is 9.12. The molecule has 0 radical (unpaired) electrons. The number of Topliss-reactive ketones (excluding diaryl/α,β-unsaturated/α-hetero) is 1. The molecule has 1 heterocycles. The van der Waals surface area contributed by atoms with E-state index in [9.17, 15) is 44.5 Å². The number of hydrogen-bond acceptors (Lipinski definition) is 11. The Morgan fingerprint density at radius 3 is 2.19 bits per heavy atom. The fourth-order valence-corrected chi connectivity index (χ4v) is 8.14. The number of nitrogens with zero attached hydrogens (tertiary/aromatic N) is 4. The molecule has 2 aromatic carbocycles. The number of halogens is 2. The second kappa shape index (κ2) is 11.5. The van der Waals surface area contributed by atoms with E-state index in [2.05, 4.69) is 31.9 Å². The van der Waals surface area contributed by atoms with Crippen molar-refractivity contribution in [1.29, 1.82) is 0 Å². The molecule has 16 heteroatoms. The van der Waals surface area contributed by atoms with Gasteiger partial charge in [0, 0.05) is 59.4 Å². The molecule has 4 atom stereocenters. The highest BCUT2D eigenvalue weighted by Gasteiger charge is 2.57. The summed E-state index contributed by atoms with van der Waals surface area (Å²) in [6.07, 6.45) is 2.85. The van der Waals surface area contributed by atoms with Gasteiger partial charge in [0.1, 0.15) is 0 Å². The molecule has 2 aromatic rings. The third-order valence-corrected chi connectivity index (χ3v) is 10.1. The smallest absolute Gasteiger partial charge is 0.301 e. The molecule has 47 heavy (non-hydrogen) atoms. The van der Waals surface area contributed by atoms with Crippen LogP contribution in [0.4, 0.5) is 22.7 Å². The number of allylic oxidation sites excluding steroid dienone is 6. The van der Waals surface area contributed by atoms with Crippen LogP contribution in [-0.4, -0.2) is 59.5 Å². The Morgan fingerprint density at radius 1 is 0.979 bits per heavy atom. The van der Waals surface area contributed by atoms with E-state index >= 15 is 0 Å². The fourth-order valence-electron chi connectivity index (χ4n) is 7.24. The number of nitro benzene ring substituents is 2. The van der Waals surface area contributed by atoms with Gasteiger partial charge in [-0.15, -0.1) is 0 Å². The first-order valence-electron chi connectivity index (χ1n) is 14.1. The van der Waals surface area contributed by atoms with Crippen LogP contribution < -0.4 is 14.5 Å². The Balaban J connectivity index is 1.51. The zero-order chi connectivity index (χ0) is 34.2. The van der Waals surface area contributed by atoms with E-state index in [4.69, 9.17) is 4.74 Å². The van der Waals surface area contributed by atoms with Crippen molar-refractivity contribution in [3.8, 4) is 11.5 Å². The summed E-state index contributed by atoms with van der Waals surface area (Å²) in [5.74, 6) is -6.39. The lowest BCUT2D eigenvalue weighted by molar-refractivity contribution is -0.392. The lowest BCUT2D eigenvalue weighted by Gasteiger charge is -2.42. The summed E-state index contributed by atoms with van der Waals surface area (Å²) in [6, 6.07) is 5.05. The van der Waals surface area contributed by atoms with Gasteiger partial charge in [-0.05, 0) is 46.8 Å². The number of anilines is 2. The number of rotatable bonds is 6. The first-order chi connectivity index (χ1) is 22.2. The van der Waals surface area contributed by atoms with E-state index in [1.54, 1.807) is 12.1 Å². The van der Waals surface area contributed by atoms with Crippen molar-refractivity contribution in [2.45, 2.75) is 18.8 Å². The average Bonchev–Trinajstić information content (AvgIpc) is 3.28. The quantitative estimate of drug-likeness (QED) is 0.137. The summed E-state index contributed by atoms with van der Waals surface area (Å²) < 4.78 is 5.87. The SMILES string of the molecule is COc1cc(Br)cc([C@H]2C3=CC[C@@H]4C(=O)N(c5cc([N+](=O)[O-])c(N(C)C)c([N+](=O)[O-])c5)C(=O)[C@@H]4[C@@H]3CC3=C2C(=O)C=C(Br)C3=O)c1O. The number of fused-ring (bicyclic) bond motifs is 3. The molecule has 1 N–H and O–H groups in total. The molecular formula is C31H24Br2N4O10. The van der Waals surface area contributed by atoms with Gasteiger partial charge >= 0.3 is 11.4 Å². The van der Waals surface area contributed by atoms with Crippen molar-refractivity contribution in [2.75, 3.05) is 31.0 Å². The number of methoxy groups -OCH3 is 1. The molecule has 0 saturated carbocycles. The normalized spacial score (nSPS) is 23.6. The van der Waals surface area contributed by atoms with Gasteiger partial charge in [0.15, 0.2) is 28.8 Å². The Kier molecular flexibility index (Phi) is 7.91. The lowest BCUT2D eigenvalue weighted by atomic mass is 9.59. The van der Waals surface area contributed by atoms with Gasteiger partial charge in [0.05, 0.1) is 39.0 Å². The number of carbonyl (C=O) groups excluding carboxylic acids is 4. The fraction of sp³-hybridized carbons (Fsp3) is 0.290. The summed E-state index contributed by atoms with van der Waals surface area (Å²) in [6.45, 7) is 0. The lowest BCUT2D eigenvalue weighted by Crippen LogP contribution is -2.39. The molecule has 1 fully saturated rings. The monoisotopic (exact) mass is 770 g/mol. The van der Waals surface area contributed by atoms with Gasteiger partial charge in [-0.2, -0.15) is 0 Å². The molecule has 6 rings (SSSR count). The summed E-state index contributed by atoms with van der Waals surface area (Å²) in [4.78, 5) is 79.5. The molecule has 0 spiro atoms. The van der Waals surface area contributed by atoms with Crippen molar-refractivity contribution in [3.63, 3.8) is 0 Å². The number of carbonyl (C=O) groups is 4. The van der Waals surface area contributed by atoms with Gasteiger partial charge in [-0.25, -0.2) is 4.90 Å². The minimum absolute atomic E-state index is 0.0203. The molecule has 0 aromatic heterocycles. The molecule has 0 bridgehead atoms. The summed E-state index contributed by atoms with van der Waals surface area (Å²) in [5.41, 5.74) is -0.921. The minimum Gasteiger partial charge on any atom is -0.504 e. The van der Waals surface area contributed by atoms with Crippen LogP contribution in [0.1, 0.15) is 24.3 Å². The van der Waals surface area contributed by atoms with Crippen LogP contribution in [0.2, 0.25) is 0 Å². The largest absolute Gasteiger partial charge is 0.504 e. The number of phenols is 1. The van der Waals surface area contributed by atoms with Crippen molar-refractivity contribution < 1.29 is 38.9 Å². The van der Waals surface area contributed by atoms with Gasteiger partial charge < -0.3 is 14.7 Å². The van der Waals surface area contributed by atoms with Crippen molar-refractivity contribution in [3.05, 3.63) is 87.9 Å². The Bertz CT molecular complexity index is 1930. The maximum Gasteiger partial charge on any atom is 0.301 e. The third-order valence-electron chi connectivity index (χ3n) is 9.08. The predicted molar refractivity (Wildman–Crippen MR) is 174 cm³/mol. The van der Waals surface area contributed by atoms with Crippen molar-refractivity contribution in [1.82, 2.24) is 0 Å². The average molecular weight is 772 g/mol. The van der Waals surface area contributed by atoms with Crippen LogP contribution in [0.3, 0.4) is 0 Å². The number of imide groups is 1. The zero-order valence-corrected chi connectivity index (χ0v) is 28.0. The first kappa shape index (κ1) is 32.2. The van der Waals surface area contributed by atoms with E-state index in [-0.39, 0.29) is 56.9 Å². The molecule has 242 valence electrons. The maximum atomic E-state index is 14.3. The van der Waals surface area contributed by atoms with Crippen LogP contribution in [0.25, 0.3) is 0 Å². The number of aromatic hydroxyl groups is 1. The van der Waals surface area contributed by atoms with E-state index in [0.29, 0.717) is 10.0 Å². The second-order valence-corrected chi connectivity index (χ2v) is 13.5. The maximum absolute atomic E-state index is 14.3. The second-order valence-electron chi connectivity index (χ2n) is 11.7. The third kappa shape index (κ3) is 4.88. The molecule has 3 aliphatic carbocycles. The first-order valence-corrected chi connectivity index (χ1v) is 15.7. The number of benzene rings is 2. The summed E-state index contributed by atoms with van der Waals surface area (Å²) in [7, 11) is 4.15. The number of phenolic OH excluding ortho intramolecular Hbond substituents is 1. The summed E-state index contributed by atoms with van der Waals surface area (Å²) >= 11 is 6.57. The summed E-state index contributed by atoms with van der Waals surface area (Å²) in [5, 5.41) is 35.3. The van der Waals surface area contributed by atoms with Gasteiger partial charge in [0.2, 0.25) is 11.8 Å². The number of ketones is 2. The van der Waals surface area contributed by atoms with Crippen molar-refractivity contribution in [2.24, 2.45) is 17.8 Å². The predicted octanol–water partition coefficient (Wildman–Crippen LogP) is 5.01. The number of hydrogen-bond donors (Lipinski definition) is 1. The van der Waals surface area contributed by atoms with Crippen molar-refractivity contribution >= 4 is 78.0 Å². The molecule has 1 aliphatic heterocycles. The standard InChI is InChI=1S/C31H24Br2N4O10/c1-34(2)27-20(36(43)44)8-13(9-21(27)37(45)46)35-30(41)15-5-4-14-16(25(15)31(35)42)10-18-26(22(38)11-19(33)28(18)39)24(14)17-6-12(32)7-23(47-3)29(17)40/h4,6-9,11,15-16,24-25,40H,5,10H2,1-3H3/t15-,16+,24+,25-/m0/s1. The number of amides is 2. The molecule has 14 nitrogen and oxygen atoms in total. The van der Waals surface area contributed by atoms with Crippen LogP contribution >= 0.6 is 31.9 Å². The van der Waals surface area contributed by atoms with Crippen LogP contribution in [0.15, 0.2) is 62.1 Å². The number of nitro groups is 2. The minimum atomic E-state index is -1.07.